The minimum atomic E-state index is -0.0772. The number of amides is 1. The molecule has 0 atom stereocenters. The summed E-state index contributed by atoms with van der Waals surface area (Å²) in [4.78, 5) is 25.6. The van der Waals surface area contributed by atoms with E-state index in [0.29, 0.717) is 70.5 Å². The number of ether oxygens (including phenoxy) is 3. The van der Waals surface area contributed by atoms with Crippen molar-refractivity contribution >= 4 is 29.4 Å². The number of carbonyl (C=O) groups is 1. The van der Waals surface area contributed by atoms with Gasteiger partial charge >= 0.3 is 0 Å². The van der Waals surface area contributed by atoms with Gasteiger partial charge in [-0.05, 0) is 35.4 Å². The zero-order valence-electron chi connectivity index (χ0n) is 22.8. The Morgan fingerprint density at radius 3 is 2.20 bits per heavy atom. The fourth-order valence-electron chi connectivity index (χ4n) is 3.43. The number of methoxy groups -OCH3 is 1. The van der Waals surface area contributed by atoms with Crippen molar-refractivity contribution in [3.63, 3.8) is 0 Å². The lowest BCUT2D eigenvalue weighted by atomic mass is 10.1. The van der Waals surface area contributed by atoms with Gasteiger partial charge in [-0.25, -0.2) is 0 Å². The van der Waals surface area contributed by atoms with Gasteiger partial charge in [0, 0.05) is 31.9 Å². The highest BCUT2D eigenvalue weighted by molar-refractivity contribution is 5.78. The molecule has 0 radical (unpaired) electrons. The summed E-state index contributed by atoms with van der Waals surface area (Å²) in [6.45, 7) is 7.59. The summed E-state index contributed by atoms with van der Waals surface area (Å²) < 4.78 is 15.9. The molecular weight excluding hydrogens is 512 g/mol. The molecule has 1 aromatic heterocycles. The van der Waals surface area contributed by atoms with Gasteiger partial charge in [0.1, 0.15) is 5.75 Å². The molecule has 6 N–H and O–H groups in total. The van der Waals surface area contributed by atoms with Crippen molar-refractivity contribution in [3.8, 4) is 5.75 Å². The van der Waals surface area contributed by atoms with Crippen molar-refractivity contribution in [1.29, 1.82) is 0 Å². The van der Waals surface area contributed by atoms with E-state index in [-0.39, 0.29) is 12.3 Å². The Morgan fingerprint density at radius 2 is 1.52 bits per heavy atom. The van der Waals surface area contributed by atoms with Crippen LogP contribution in [0.25, 0.3) is 0 Å². The molecule has 12 nitrogen and oxygen atoms in total. The van der Waals surface area contributed by atoms with Crippen LogP contribution in [-0.2, 0) is 27.2 Å². The molecule has 0 saturated heterocycles. The fourth-order valence-corrected chi connectivity index (χ4v) is 3.43. The first-order valence-electron chi connectivity index (χ1n) is 13.1. The summed E-state index contributed by atoms with van der Waals surface area (Å²) in [7, 11) is 1.64. The van der Waals surface area contributed by atoms with Gasteiger partial charge in [0.25, 0.3) is 0 Å². The first-order valence-corrected chi connectivity index (χ1v) is 13.1. The molecule has 40 heavy (non-hydrogen) atoms. The lowest BCUT2D eigenvalue weighted by molar-refractivity contribution is -0.120. The Morgan fingerprint density at radius 1 is 0.875 bits per heavy atom. The van der Waals surface area contributed by atoms with E-state index in [1.54, 1.807) is 13.2 Å². The zero-order chi connectivity index (χ0) is 28.4. The molecule has 2 aromatic carbocycles. The SMILES string of the molecule is C=CCNc1nc(NCc2ccc(OC)cc2)nc(Nc2ccc(CC(=O)NCCOCCOCCN)cc2)n1. The number of aromatic nitrogens is 3. The minimum absolute atomic E-state index is 0.0772. The molecule has 0 bridgehead atoms. The van der Waals surface area contributed by atoms with Crippen LogP contribution in [0, 0.1) is 0 Å². The summed E-state index contributed by atoms with van der Waals surface area (Å²) in [6, 6.07) is 15.3. The average molecular weight is 551 g/mol. The zero-order valence-corrected chi connectivity index (χ0v) is 22.8. The lowest BCUT2D eigenvalue weighted by Gasteiger charge is -2.11. The highest BCUT2D eigenvalue weighted by atomic mass is 16.5. The monoisotopic (exact) mass is 550 g/mol. The van der Waals surface area contributed by atoms with E-state index >= 15 is 0 Å². The maximum absolute atomic E-state index is 12.2. The third-order valence-electron chi connectivity index (χ3n) is 5.43. The second-order valence-corrected chi connectivity index (χ2v) is 8.54. The van der Waals surface area contributed by atoms with E-state index in [0.717, 1.165) is 22.6 Å². The molecule has 1 heterocycles. The van der Waals surface area contributed by atoms with Gasteiger partial charge in [0.05, 0.1) is 40.0 Å². The predicted molar refractivity (Wildman–Crippen MR) is 156 cm³/mol. The van der Waals surface area contributed by atoms with Crippen LogP contribution in [0.5, 0.6) is 5.75 Å². The number of hydrogen-bond donors (Lipinski definition) is 5. The number of benzene rings is 2. The number of carbonyl (C=O) groups excluding carboxylic acids is 1. The number of nitrogens with one attached hydrogen (secondary N) is 4. The third-order valence-corrected chi connectivity index (χ3v) is 5.43. The van der Waals surface area contributed by atoms with Crippen LogP contribution in [-0.4, -0.2) is 74.0 Å². The van der Waals surface area contributed by atoms with Crippen LogP contribution >= 0.6 is 0 Å². The smallest absolute Gasteiger partial charge is 0.233 e. The first kappa shape index (κ1) is 30.3. The molecule has 1 amide bonds. The lowest BCUT2D eigenvalue weighted by Crippen LogP contribution is -2.29. The Labute approximate surface area is 234 Å². The number of nitrogens with two attached hydrogens (primary N) is 1. The van der Waals surface area contributed by atoms with Crippen LogP contribution in [0.3, 0.4) is 0 Å². The van der Waals surface area contributed by atoms with Gasteiger partial charge in [-0.2, -0.15) is 15.0 Å². The molecule has 3 rings (SSSR count). The molecule has 0 spiro atoms. The van der Waals surface area contributed by atoms with Crippen molar-refractivity contribution in [1.82, 2.24) is 20.3 Å². The van der Waals surface area contributed by atoms with Crippen LogP contribution < -0.4 is 31.7 Å². The van der Waals surface area contributed by atoms with Gasteiger partial charge < -0.3 is 41.2 Å². The Bertz CT molecular complexity index is 1180. The molecular formula is C28H38N8O4. The van der Waals surface area contributed by atoms with Gasteiger partial charge in [-0.1, -0.05) is 30.3 Å². The van der Waals surface area contributed by atoms with E-state index in [1.165, 1.54) is 0 Å². The molecule has 0 fully saturated rings. The second-order valence-electron chi connectivity index (χ2n) is 8.54. The normalized spacial score (nSPS) is 10.6. The summed E-state index contributed by atoms with van der Waals surface area (Å²) in [6.07, 6.45) is 1.99. The van der Waals surface area contributed by atoms with Crippen LogP contribution in [0.2, 0.25) is 0 Å². The first-order chi connectivity index (χ1) is 19.6. The molecule has 12 heteroatoms. The van der Waals surface area contributed by atoms with Gasteiger partial charge in [-0.15, -0.1) is 6.58 Å². The average Bonchev–Trinajstić information content (AvgIpc) is 2.97. The molecule has 0 aliphatic carbocycles. The van der Waals surface area contributed by atoms with E-state index in [2.05, 4.69) is 42.8 Å². The van der Waals surface area contributed by atoms with Crippen molar-refractivity contribution in [2.45, 2.75) is 13.0 Å². The maximum Gasteiger partial charge on any atom is 0.233 e. The standard InChI is InChI=1S/C28H38N8O4/c1-3-13-31-26-34-27(32-20-22-6-10-24(38-2)11-7-22)36-28(35-26)33-23-8-4-21(5-9-23)19-25(37)30-14-16-40-18-17-39-15-12-29/h3-11H,1,12-20,29H2,2H3,(H,30,37)(H3,31,32,33,34,35,36). The number of anilines is 4. The van der Waals surface area contributed by atoms with E-state index in [9.17, 15) is 4.79 Å². The van der Waals surface area contributed by atoms with Crippen molar-refractivity contribution in [2.24, 2.45) is 5.73 Å². The molecule has 0 aliphatic heterocycles. The second kappa shape index (κ2) is 17.4. The number of hydrogen-bond acceptors (Lipinski definition) is 11. The maximum atomic E-state index is 12.2. The third kappa shape index (κ3) is 11.2. The highest BCUT2D eigenvalue weighted by Gasteiger charge is 2.08. The number of nitrogens with zero attached hydrogens (tertiary/aromatic N) is 3. The Balaban J connectivity index is 1.51. The van der Waals surface area contributed by atoms with E-state index in [4.69, 9.17) is 19.9 Å². The van der Waals surface area contributed by atoms with Crippen molar-refractivity contribution in [2.75, 3.05) is 69.1 Å². The summed E-state index contributed by atoms with van der Waals surface area (Å²) >= 11 is 0. The summed E-state index contributed by atoms with van der Waals surface area (Å²) in [5.74, 6) is 1.92. The van der Waals surface area contributed by atoms with Crippen LogP contribution in [0.1, 0.15) is 11.1 Å². The highest BCUT2D eigenvalue weighted by Crippen LogP contribution is 2.18. The predicted octanol–water partition coefficient (Wildman–Crippen LogP) is 2.48. The van der Waals surface area contributed by atoms with Gasteiger partial charge in [-0.3, -0.25) is 4.79 Å². The quantitative estimate of drug-likeness (QED) is 0.110. The van der Waals surface area contributed by atoms with Gasteiger partial charge in [0.2, 0.25) is 23.8 Å². The van der Waals surface area contributed by atoms with Gasteiger partial charge in [0.15, 0.2) is 0 Å². The molecule has 0 saturated carbocycles. The van der Waals surface area contributed by atoms with Crippen LogP contribution in [0.15, 0.2) is 61.2 Å². The number of rotatable bonds is 19. The molecule has 3 aromatic rings. The van der Waals surface area contributed by atoms with Crippen molar-refractivity contribution < 1.29 is 19.0 Å². The van der Waals surface area contributed by atoms with Crippen molar-refractivity contribution in [3.05, 3.63) is 72.3 Å². The minimum Gasteiger partial charge on any atom is -0.497 e. The summed E-state index contributed by atoms with van der Waals surface area (Å²) in [5, 5.41) is 12.4. The topological polar surface area (TPSA) is 158 Å². The Hall–Kier alpha value is -4.26. The van der Waals surface area contributed by atoms with Crippen LogP contribution in [0.4, 0.5) is 23.5 Å². The summed E-state index contributed by atoms with van der Waals surface area (Å²) in [5.41, 5.74) is 8.06. The molecule has 0 unspecified atom stereocenters. The Kier molecular flexibility index (Phi) is 13.1. The van der Waals surface area contributed by atoms with E-state index in [1.807, 2.05) is 48.5 Å². The molecule has 0 aliphatic rings. The van der Waals surface area contributed by atoms with E-state index < -0.39 is 0 Å². The largest absolute Gasteiger partial charge is 0.497 e. The molecule has 214 valence electrons. The fraction of sp³-hybridized carbons (Fsp3) is 0.357.